The van der Waals surface area contributed by atoms with Crippen LogP contribution in [0.2, 0.25) is 0 Å². The molecule has 0 radical (unpaired) electrons. The molecule has 3 rings (SSSR count). The van der Waals surface area contributed by atoms with Crippen LogP contribution in [0.1, 0.15) is 0 Å². The number of aromatic nitrogens is 1. The van der Waals surface area contributed by atoms with Crippen LogP contribution < -0.4 is 5.32 Å². The van der Waals surface area contributed by atoms with Gasteiger partial charge >= 0.3 is 0 Å². The Bertz CT molecular complexity index is 692. The Kier molecular flexibility index (Phi) is 3.37. The van der Waals surface area contributed by atoms with E-state index in [1.807, 2.05) is 36.4 Å². The highest BCUT2D eigenvalue weighted by molar-refractivity contribution is 9.10. The van der Waals surface area contributed by atoms with Crippen molar-refractivity contribution in [2.45, 2.75) is 0 Å². The Labute approximate surface area is 125 Å². The second kappa shape index (κ2) is 4.99. The van der Waals surface area contributed by atoms with Crippen molar-refractivity contribution in [1.82, 2.24) is 4.98 Å². The molecule has 0 spiro atoms. The number of nitrogens with zero attached hydrogens (tertiary/aromatic N) is 1. The number of nitrogens with one attached hydrogen (secondary N) is 1. The molecule has 2 aromatic carbocycles. The molecule has 0 amide bonds. The predicted octanol–water partition coefficient (Wildman–Crippen LogP) is 5.56. The fourth-order valence-electron chi connectivity index (χ4n) is 1.61. The van der Waals surface area contributed by atoms with E-state index < -0.39 is 0 Å². The molecule has 18 heavy (non-hydrogen) atoms. The molecule has 1 N–H and O–H groups in total. The average molecular weight is 384 g/mol. The smallest absolute Gasteiger partial charge is 0.188 e. The minimum Gasteiger partial charge on any atom is -0.332 e. The van der Waals surface area contributed by atoms with Crippen molar-refractivity contribution >= 4 is 64.2 Å². The minimum atomic E-state index is 0.908. The zero-order chi connectivity index (χ0) is 12.5. The third-order valence-electron chi connectivity index (χ3n) is 2.45. The number of halogens is 2. The molecule has 90 valence electrons. The Hall–Kier alpha value is -0.910. The van der Waals surface area contributed by atoms with Gasteiger partial charge in [-0.3, -0.25) is 0 Å². The van der Waals surface area contributed by atoms with E-state index >= 15 is 0 Å². The summed E-state index contributed by atoms with van der Waals surface area (Å²) in [5.41, 5.74) is 2.05. The first-order chi connectivity index (χ1) is 8.70. The fourth-order valence-corrected chi connectivity index (χ4v) is 3.09. The van der Waals surface area contributed by atoms with Gasteiger partial charge in [0.25, 0.3) is 0 Å². The lowest BCUT2D eigenvalue weighted by molar-refractivity contribution is 1.44. The van der Waals surface area contributed by atoms with E-state index in [4.69, 9.17) is 0 Å². The van der Waals surface area contributed by atoms with Gasteiger partial charge < -0.3 is 5.32 Å². The summed E-state index contributed by atoms with van der Waals surface area (Å²) >= 11 is 8.53. The zero-order valence-corrected chi connectivity index (χ0v) is 13.1. The summed E-state index contributed by atoms with van der Waals surface area (Å²) in [6, 6.07) is 14.2. The third-order valence-corrected chi connectivity index (χ3v) is 4.42. The third kappa shape index (κ3) is 2.58. The number of rotatable bonds is 2. The molecule has 1 heterocycles. The molecule has 0 atom stereocenters. The number of anilines is 2. The molecule has 0 saturated carbocycles. The van der Waals surface area contributed by atoms with Gasteiger partial charge in [0.2, 0.25) is 0 Å². The van der Waals surface area contributed by atoms with Crippen LogP contribution in [0.15, 0.2) is 51.4 Å². The van der Waals surface area contributed by atoms with Crippen LogP contribution in [0.25, 0.3) is 10.2 Å². The lowest BCUT2D eigenvalue weighted by Gasteiger charge is -2.01. The second-order valence-corrected chi connectivity index (χ2v) is 6.62. The van der Waals surface area contributed by atoms with Gasteiger partial charge in [-0.15, -0.1) is 0 Å². The van der Waals surface area contributed by atoms with Gasteiger partial charge in [-0.05, 0) is 42.5 Å². The van der Waals surface area contributed by atoms with Crippen LogP contribution in [-0.4, -0.2) is 4.98 Å². The molecule has 2 nitrogen and oxygen atoms in total. The van der Waals surface area contributed by atoms with Gasteiger partial charge in [-0.1, -0.05) is 43.2 Å². The van der Waals surface area contributed by atoms with Gasteiger partial charge in [0.15, 0.2) is 5.13 Å². The van der Waals surface area contributed by atoms with Gasteiger partial charge in [0, 0.05) is 14.6 Å². The van der Waals surface area contributed by atoms with Crippen molar-refractivity contribution in [3.63, 3.8) is 0 Å². The van der Waals surface area contributed by atoms with Crippen LogP contribution in [0.4, 0.5) is 10.8 Å². The molecular weight excluding hydrogens is 376 g/mol. The first-order valence-corrected chi connectivity index (χ1v) is 7.70. The van der Waals surface area contributed by atoms with E-state index in [9.17, 15) is 0 Å². The minimum absolute atomic E-state index is 0.908. The summed E-state index contributed by atoms with van der Waals surface area (Å²) in [7, 11) is 0. The summed E-state index contributed by atoms with van der Waals surface area (Å²) in [6.07, 6.45) is 0. The number of fused-ring (bicyclic) bond motifs is 1. The molecule has 0 aliphatic heterocycles. The van der Waals surface area contributed by atoms with Gasteiger partial charge in [-0.2, -0.15) is 0 Å². The Morgan fingerprint density at radius 1 is 0.944 bits per heavy atom. The maximum absolute atomic E-state index is 4.56. The standard InChI is InChI=1S/C13H8Br2N2S/c14-8-1-4-10(5-2-8)16-13-17-11-7-9(15)3-6-12(11)18-13/h1-7H,(H,16,17). The SMILES string of the molecule is Brc1ccc(Nc2nc3cc(Br)ccc3s2)cc1. The lowest BCUT2D eigenvalue weighted by Crippen LogP contribution is -1.87. The molecule has 0 unspecified atom stereocenters. The maximum atomic E-state index is 4.56. The van der Waals surface area contributed by atoms with Crippen molar-refractivity contribution in [1.29, 1.82) is 0 Å². The normalized spacial score (nSPS) is 10.8. The summed E-state index contributed by atoms with van der Waals surface area (Å²) in [5.74, 6) is 0. The quantitative estimate of drug-likeness (QED) is 0.626. The highest BCUT2D eigenvalue weighted by Crippen LogP contribution is 2.30. The predicted molar refractivity (Wildman–Crippen MR) is 84.7 cm³/mol. The summed E-state index contributed by atoms with van der Waals surface area (Å²) in [6.45, 7) is 0. The van der Waals surface area contributed by atoms with E-state index in [0.29, 0.717) is 0 Å². The van der Waals surface area contributed by atoms with Crippen LogP contribution in [0, 0.1) is 0 Å². The average Bonchev–Trinajstić information content (AvgIpc) is 2.73. The molecule has 0 saturated heterocycles. The lowest BCUT2D eigenvalue weighted by atomic mass is 10.3. The van der Waals surface area contributed by atoms with Gasteiger partial charge in [0.1, 0.15) is 0 Å². The van der Waals surface area contributed by atoms with Crippen molar-refractivity contribution in [3.8, 4) is 0 Å². The first kappa shape index (κ1) is 12.1. The van der Waals surface area contributed by atoms with E-state index in [0.717, 1.165) is 25.3 Å². The molecule has 5 heteroatoms. The van der Waals surface area contributed by atoms with Crippen LogP contribution >= 0.6 is 43.2 Å². The maximum Gasteiger partial charge on any atom is 0.188 e. The summed E-state index contributed by atoms with van der Waals surface area (Å²) in [4.78, 5) is 4.56. The number of hydrogen-bond acceptors (Lipinski definition) is 3. The number of hydrogen-bond donors (Lipinski definition) is 1. The van der Waals surface area contributed by atoms with Crippen LogP contribution in [-0.2, 0) is 0 Å². The monoisotopic (exact) mass is 382 g/mol. The van der Waals surface area contributed by atoms with Crippen molar-refractivity contribution < 1.29 is 0 Å². The zero-order valence-electron chi connectivity index (χ0n) is 9.15. The molecule has 0 aliphatic rings. The highest BCUT2D eigenvalue weighted by atomic mass is 79.9. The fraction of sp³-hybridized carbons (Fsp3) is 0. The number of thiazole rings is 1. The van der Waals surface area contributed by atoms with E-state index in [1.54, 1.807) is 11.3 Å². The van der Waals surface area contributed by atoms with Crippen molar-refractivity contribution in [2.75, 3.05) is 5.32 Å². The van der Waals surface area contributed by atoms with Gasteiger partial charge in [-0.25, -0.2) is 4.98 Å². The van der Waals surface area contributed by atoms with Crippen LogP contribution in [0.5, 0.6) is 0 Å². The second-order valence-electron chi connectivity index (χ2n) is 3.76. The Balaban J connectivity index is 1.92. The van der Waals surface area contributed by atoms with E-state index in [2.05, 4.69) is 48.2 Å². The van der Waals surface area contributed by atoms with Crippen molar-refractivity contribution in [3.05, 3.63) is 51.4 Å². The molecule has 1 aromatic heterocycles. The molecule has 0 bridgehead atoms. The van der Waals surface area contributed by atoms with Crippen LogP contribution in [0.3, 0.4) is 0 Å². The van der Waals surface area contributed by atoms with E-state index in [-0.39, 0.29) is 0 Å². The Morgan fingerprint density at radius 2 is 1.67 bits per heavy atom. The molecular formula is C13H8Br2N2S. The first-order valence-electron chi connectivity index (χ1n) is 5.29. The molecule has 0 aliphatic carbocycles. The molecule has 0 fully saturated rings. The van der Waals surface area contributed by atoms with Gasteiger partial charge in [0.05, 0.1) is 10.2 Å². The number of benzene rings is 2. The Morgan fingerprint density at radius 3 is 2.44 bits per heavy atom. The summed E-state index contributed by atoms with van der Waals surface area (Å²) < 4.78 is 3.30. The van der Waals surface area contributed by atoms with Crippen molar-refractivity contribution in [2.24, 2.45) is 0 Å². The largest absolute Gasteiger partial charge is 0.332 e. The highest BCUT2D eigenvalue weighted by Gasteiger charge is 2.04. The molecule has 3 aromatic rings. The summed E-state index contributed by atoms with van der Waals surface area (Å²) in [5, 5.41) is 4.22. The van der Waals surface area contributed by atoms with E-state index in [1.165, 1.54) is 4.70 Å². The topological polar surface area (TPSA) is 24.9 Å².